The molecule has 0 aromatic carbocycles. The maximum atomic E-state index is 11.6. The fourth-order valence-corrected chi connectivity index (χ4v) is 2.43. The molecule has 0 spiro atoms. The molecule has 0 rings (SSSR count). The molecular formula is C7H16NO3P. The molecule has 0 aliphatic rings. The van der Waals surface area contributed by atoms with Crippen molar-refractivity contribution in [2.24, 2.45) is 0 Å². The lowest BCUT2D eigenvalue weighted by Crippen LogP contribution is -2.21. The second kappa shape index (κ2) is 4.06. The Hall–Kier alpha value is -0.340. The van der Waals surface area contributed by atoms with Gasteiger partial charge in [0.25, 0.3) is 7.37 Å². The van der Waals surface area contributed by atoms with Crippen LogP contribution in [0.15, 0.2) is 0 Å². The predicted octanol–water partition coefficient (Wildman–Crippen LogP) is 2.00. The van der Waals surface area contributed by atoms with Gasteiger partial charge in [-0.25, -0.2) is 0 Å². The van der Waals surface area contributed by atoms with Crippen LogP contribution in [0.25, 0.3) is 0 Å². The molecule has 1 atom stereocenters. The topological polar surface area (TPSA) is 46.6 Å². The third kappa shape index (κ3) is 3.37. The van der Waals surface area contributed by atoms with Crippen molar-refractivity contribution >= 4 is 13.0 Å². The molecule has 0 bridgehead atoms. The summed E-state index contributed by atoms with van der Waals surface area (Å²) in [5.74, 6) is 0. The lowest BCUT2D eigenvalue weighted by atomic mass is 10.5. The average molecular weight is 193 g/mol. The lowest BCUT2D eigenvalue weighted by Gasteiger charge is -2.19. The summed E-state index contributed by atoms with van der Waals surface area (Å²) in [6.45, 7) is 4.84. The highest BCUT2D eigenvalue weighted by molar-refractivity contribution is 7.75. The first-order chi connectivity index (χ1) is 5.27. The molecule has 0 aromatic heterocycles. The van der Waals surface area contributed by atoms with E-state index in [0.717, 1.165) is 0 Å². The van der Waals surface area contributed by atoms with Gasteiger partial charge < -0.3 is 9.42 Å². The number of hydrogen-bond acceptors (Lipinski definition) is 3. The minimum Gasteiger partial charge on any atom is -0.340 e. The summed E-state index contributed by atoms with van der Waals surface area (Å²) in [5.41, 5.74) is -0.448. The van der Waals surface area contributed by atoms with Crippen LogP contribution in [0.2, 0.25) is 0 Å². The van der Waals surface area contributed by atoms with E-state index in [9.17, 15) is 9.36 Å². The zero-order chi connectivity index (χ0) is 9.94. The van der Waals surface area contributed by atoms with Gasteiger partial charge in [0.2, 0.25) is 0 Å². The van der Waals surface area contributed by atoms with Crippen LogP contribution in [0.1, 0.15) is 13.8 Å². The van der Waals surface area contributed by atoms with Crippen molar-refractivity contribution in [1.82, 2.24) is 4.90 Å². The summed E-state index contributed by atoms with van der Waals surface area (Å²) in [4.78, 5) is 12.5. The summed E-state index contributed by atoms with van der Waals surface area (Å²) in [7, 11) is 0.00662. The molecule has 0 aromatic rings. The number of carbonyl (C=O) groups excluding carboxylic acids is 1. The summed E-state index contributed by atoms with van der Waals surface area (Å²) < 4.78 is 16.6. The van der Waals surface area contributed by atoms with Crippen molar-refractivity contribution in [2.45, 2.75) is 20.0 Å². The Kier molecular flexibility index (Phi) is 3.94. The molecule has 0 fully saturated rings. The standard InChI is InChI=1S/C7H16NO3P/c1-6(2)11-12(5,10)7(9)8(3)4/h6H,1-5H3. The first-order valence-corrected chi connectivity index (χ1v) is 5.82. The van der Waals surface area contributed by atoms with E-state index < -0.39 is 13.0 Å². The van der Waals surface area contributed by atoms with E-state index in [-0.39, 0.29) is 6.10 Å². The molecule has 0 saturated heterocycles. The molecule has 72 valence electrons. The number of amides is 1. The fraction of sp³-hybridized carbons (Fsp3) is 0.857. The minimum atomic E-state index is -3.11. The quantitative estimate of drug-likeness (QED) is 0.644. The van der Waals surface area contributed by atoms with Gasteiger partial charge in [-0.1, -0.05) is 0 Å². The summed E-state index contributed by atoms with van der Waals surface area (Å²) in [6.07, 6.45) is -0.190. The van der Waals surface area contributed by atoms with Crippen molar-refractivity contribution in [1.29, 1.82) is 0 Å². The maximum Gasteiger partial charge on any atom is 0.307 e. The lowest BCUT2D eigenvalue weighted by molar-refractivity contribution is 0.216. The van der Waals surface area contributed by atoms with Crippen LogP contribution in [0, 0.1) is 0 Å². The van der Waals surface area contributed by atoms with Crippen LogP contribution in [0.4, 0.5) is 4.79 Å². The second-order valence-corrected chi connectivity index (χ2v) is 5.46. The predicted molar refractivity (Wildman–Crippen MR) is 48.8 cm³/mol. The van der Waals surface area contributed by atoms with E-state index >= 15 is 0 Å². The van der Waals surface area contributed by atoms with Crippen LogP contribution >= 0.6 is 7.37 Å². The summed E-state index contributed by atoms with van der Waals surface area (Å²) in [5, 5.41) is 0. The Labute approximate surface area is 73.3 Å². The maximum absolute atomic E-state index is 11.6. The van der Waals surface area contributed by atoms with Crippen molar-refractivity contribution in [3.63, 3.8) is 0 Å². The van der Waals surface area contributed by atoms with E-state index in [2.05, 4.69) is 0 Å². The van der Waals surface area contributed by atoms with Crippen LogP contribution in [-0.4, -0.2) is 37.4 Å². The van der Waals surface area contributed by atoms with Gasteiger partial charge in [0.15, 0.2) is 0 Å². The van der Waals surface area contributed by atoms with Gasteiger partial charge in [0, 0.05) is 20.8 Å². The van der Waals surface area contributed by atoms with Gasteiger partial charge in [0.05, 0.1) is 6.10 Å². The first kappa shape index (κ1) is 11.7. The van der Waals surface area contributed by atoms with E-state index in [1.54, 1.807) is 27.9 Å². The third-order valence-corrected chi connectivity index (χ3v) is 3.06. The summed E-state index contributed by atoms with van der Waals surface area (Å²) >= 11 is 0. The molecule has 5 heteroatoms. The van der Waals surface area contributed by atoms with Crippen LogP contribution in [0.3, 0.4) is 0 Å². The monoisotopic (exact) mass is 193 g/mol. The Morgan fingerprint density at radius 2 is 1.83 bits per heavy atom. The molecule has 1 unspecified atom stereocenters. The Morgan fingerprint density at radius 1 is 1.42 bits per heavy atom. The molecule has 0 radical (unpaired) electrons. The number of hydrogen-bond donors (Lipinski definition) is 0. The Bertz CT molecular complexity index is 213. The van der Waals surface area contributed by atoms with Gasteiger partial charge in [-0.15, -0.1) is 0 Å². The van der Waals surface area contributed by atoms with Gasteiger partial charge in [-0.2, -0.15) is 0 Å². The van der Waals surface area contributed by atoms with Gasteiger partial charge in [-0.05, 0) is 13.8 Å². The Morgan fingerprint density at radius 3 is 2.08 bits per heavy atom. The van der Waals surface area contributed by atoms with E-state index in [1.807, 2.05) is 0 Å². The molecule has 0 heterocycles. The van der Waals surface area contributed by atoms with Gasteiger partial charge in [0.1, 0.15) is 0 Å². The normalized spacial score (nSPS) is 15.8. The molecule has 0 aliphatic carbocycles. The highest BCUT2D eigenvalue weighted by atomic mass is 31.2. The molecule has 12 heavy (non-hydrogen) atoms. The van der Waals surface area contributed by atoms with E-state index in [4.69, 9.17) is 4.52 Å². The SMILES string of the molecule is CC(C)OP(C)(=O)C(=O)N(C)C. The second-order valence-electron chi connectivity index (χ2n) is 3.18. The van der Waals surface area contributed by atoms with Crippen molar-refractivity contribution in [2.75, 3.05) is 20.8 Å². The Balaban J connectivity index is 4.41. The smallest absolute Gasteiger partial charge is 0.307 e. The minimum absolute atomic E-state index is 0.190. The first-order valence-electron chi connectivity index (χ1n) is 3.75. The zero-order valence-corrected chi connectivity index (χ0v) is 9.09. The van der Waals surface area contributed by atoms with Crippen molar-refractivity contribution < 1.29 is 13.9 Å². The largest absolute Gasteiger partial charge is 0.340 e. The zero-order valence-electron chi connectivity index (χ0n) is 8.20. The van der Waals surface area contributed by atoms with Crippen LogP contribution in [0.5, 0.6) is 0 Å². The number of nitrogens with zero attached hydrogens (tertiary/aromatic N) is 1. The van der Waals surface area contributed by atoms with Crippen LogP contribution in [-0.2, 0) is 9.09 Å². The molecular weight excluding hydrogens is 177 g/mol. The summed E-state index contributed by atoms with van der Waals surface area (Å²) in [6, 6.07) is 0. The fourth-order valence-electron chi connectivity index (χ4n) is 0.811. The third-order valence-electron chi connectivity index (χ3n) is 1.14. The molecule has 0 aliphatic heterocycles. The number of carbonyl (C=O) groups is 1. The van der Waals surface area contributed by atoms with E-state index in [1.165, 1.54) is 11.6 Å². The average Bonchev–Trinajstić information content (AvgIpc) is 1.82. The van der Waals surface area contributed by atoms with Gasteiger partial charge >= 0.3 is 5.65 Å². The van der Waals surface area contributed by atoms with Crippen molar-refractivity contribution in [3.8, 4) is 0 Å². The highest BCUT2D eigenvalue weighted by Gasteiger charge is 2.29. The molecule has 0 N–H and O–H groups in total. The molecule has 4 nitrogen and oxygen atoms in total. The van der Waals surface area contributed by atoms with Crippen molar-refractivity contribution in [3.05, 3.63) is 0 Å². The molecule has 0 saturated carbocycles. The highest BCUT2D eigenvalue weighted by Crippen LogP contribution is 2.45. The van der Waals surface area contributed by atoms with E-state index in [0.29, 0.717) is 0 Å². The molecule has 1 amide bonds. The van der Waals surface area contributed by atoms with Crippen LogP contribution < -0.4 is 0 Å². The van der Waals surface area contributed by atoms with Gasteiger partial charge in [-0.3, -0.25) is 9.36 Å². The number of rotatable bonds is 3.